The number of esters is 5. The molecule has 0 radical (unpaired) electrons. The van der Waals surface area contributed by atoms with Crippen molar-refractivity contribution in [3.63, 3.8) is 0 Å². The molecular formula is C35H40O12. The van der Waals surface area contributed by atoms with Gasteiger partial charge in [0.15, 0.2) is 12.2 Å². The summed E-state index contributed by atoms with van der Waals surface area (Å²) in [5, 5.41) is 12.4. The lowest BCUT2D eigenvalue weighted by Crippen LogP contribution is -2.81. The summed E-state index contributed by atoms with van der Waals surface area (Å²) in [5.74, 6) is -5.47. The molecule has 12 nitrogen and oxygen atoms in total. The monoisotopic (exact) mass is 652 g/mol. The second-order valence-corrected chi connectivity index (χ2v) is 13.0. The molecule has 12 heteroatoms. The number of carbonyl (C=O) groups excluding carboxylic acids is 5. The Balaban J connectivity index is 1.79. The van der Waals surface area contributed by atoms with E-state index in [9.17, 15) is 29.1 Å². The Morgan fingerprint density at radius 2 is 1.30 bits per heavy atom. The third-order valence-electron chi connectivity index (χ3n) is 9.69. The molecule has 0 aromatic heterocycles. The first-order valence-corrected chi connectivity index (χ1v) is 15.5. The van der Waals surface area contributed by atoms with Crippen LogP contribution in [0.2, 0.25) is 0 Å². The number of aliphatic hydroxyl groups excluding tert-OH is 1. The molecule has 1 aliphatic heterocycles. The van der Waals surface area contributed by atoms with E-state index in [0.717, 1.165) is 6.92 Å². The van der Waals surface area contributed by atoms with Crippen molar-refractivity contribution in [1.82, 2.24) is 0 Å². The summed E-state index contributed by atoms with van der Waals surface area (Å²) in [6.07, 6.45) is -7.05. The first kappa shape index (κ1) is 34.1. The second kappa shape index (κ2) is 12.7. The Bertz CT molecular complexity index is 1520. The van der Waals surface area contributed by atoms with E-state index in [-0.39, 0.29) is 17.5 Å². The van der Waals surface area contributed by atoms with Crippen molar-refractivity contribution in [3.8, 4) is 0 Å². The fourth-order valence-corrected chi connectivity index (χ4v) is 8.09. The number of benzene rings is 2. The van der Waals surface area contributed by atoms with Crippen molar-refractivity contribution >= 4 is 29.8 Å². The summed E-state index contributed by atoms with van der Waals surface area (Å²) < 4.78 is 36.8. The number of rotatable bonds is 8. The first-order valence-electron chi connectivity index (χ1n) is 15.5. The molecule has 5 rings (SSSR count). The van der Waals surface area contributed by atoms with Gasteiger partial charge in [0.2, 0.25) is 0 Å². The molecule has 2 saturated carbocycles. The van der Waals surface area contributed by atoms with Crippen LogP contribution in [0.25, 0.3) is 0 Å². The van der Waals surface area contributed by atoms with Crippen molar-refractivity contribution in [3.05, 3.63) is 71.8 Å². The highest BCUT2D eigenvalue weighted by molar-refractivity contribution is 5.90. The van der Waals surface area contributed by atoms with Gasteiger partial charge in [-0.15, -0.1) is 0 Å². The number of fused-ring (bicyclic) bond motifs is 1. The van der Waals surface area contributed by atoms with Gasteiger partial charge in [-0.1, -0.05) is 43.3 Å². The van der Waals surface area contributed by atoms with Crippen molar-refractivity contribution in [2.24, 2.45) is 17.3 Å². The molecule has 252 valence electrons. The van der Waals surface area contributed by atoms with Gasteiger partial charge in [0, 0.05) is 20.8 Å². The Morgan fingerprint density at radius 3 is 1.81 bits per heavy atom. The zero-order valence-corrected chi connectivity index (χ0v) is 27.2. The van der Waals surface area contributed by atoms with Crippen LogP contribution in [0.15, 0.2) is 60.7 Å². The van der Waals surface area contributed by atoms with E-state index < -0.39 is 95.4 Å². The summed E-state index contributed by atoms with van der Waals surface area (Å²) in [5.41, 5.74) is -4.59. The minimum Gasteiger partial charge on any atom is -0.465 e. The summed E-state index contributed by atoms with van der Waals surface area (Å²) in [6, 6.07) is 16.2. The van der Waals surface area contributed by atoms with Crippen LogP contribution in [0.5, 0.6) is 0 Å². The molecule has 2 aliphatic carbocycles. The van der Waals surface area contributed by atoms with Gasteiger partial charge < -0.3 is 33.5 Å². The molecular weight excluding hydrogens is 612 g/mol. The smallest absolute Gasteiger partial charge is 0.338 e. The molecule has 1 heterocycles. The summed E-state index contributed by atoms with van der Waals surface area (Å²) in [4.78, 5) is 65.5. The fourth-order valence-electron chi connectivity index (χ4n) is 8.09. The quantitative estimate of drug-likeness (QED) is 0.327. The minimum absolute atomic E-state index is 0.0509. The van der Waals surface area contributed by atoms with Gasteiger partial charge in [-0.3, -0.25) is 14.4 Å². The Kier molecular flexibility index (Phi) is 9.22. The molecule has 2 bridgehead atoms. The van der Waals surface area contributed by atoms with E-state index in [1.165, 1.54) is 26.0 Å². The van der Waals surface area contributed by atoms with Gasteiger partial charge >= 0.3 is 29.8 Å². The van der Waals surface area contributed by atoms with E-state index >= 15 is 0 Å². The van der Waals surface area contributed by atoms with Gasteiger partial charge in [-0.25, -0.2) is 9.59 Å². The number of hydrogen-bond acceptors (Lipinski definition) is 12. The normalized spacial score (nSPS) is 33.5. The van der Waals surface area contributed by atoms with E-state index in [4.69, 9.17) is 28.4 Å². The van der Waals surface area contributed by atoms with E-state index in [1.807, 2.05) is 0 Å². The molecule has 47 heavy (non-hydrogen) atoms. The van der Waals surface area contributed by atoms with Gasteiger partial charge in [0.05, 0.1) is 28.7 Å². The van der Waals surface area contributed by atoms with Gasteiger partial charge in [0.25, 0.3) is 0 Å². The highest BCUT2D eigenvalue weighted by Crippen LogP contribution is 2.68. The van der Waals surface area contributed by atoms with Crippen molar-refractivity contribution in [1.29, 1.82) is 0 Å². The minimum atomic E-state index is -1.97. The zero-order chi connectivity index (χ0) is 34.3. The van der Waals surface area contributed by atoms with Crippen LogP contribution >= 0.6 is 0 Å². The predicted molar refractivity (Wildman–Crippen MR) is 163 cm³/mol. The Morgan fingerprint density at radius 1 is 0.766 bits per heavy atom. The van der Waals surface area contributed by atoms with Crippen LogP contribution in [-0.2, 0) is 42.8 Å². The zero-order valence-electron chi connectivity index (χ0n) is 27.2. The van der Waals surface area contributed by atoms with Crippen molar-refractivity contribution in [2.75, 3.05) is 6.61 Å². The lowest BCUT2D eigenvalue weighted by molar-refractivity contribution is -0.327. The molecule has 2 aromatic rings. The predicted octanol–water partition coefficient (Wildman–Crippen LogP) is 3.43. The van der Waals surface area contributed by atoms with E-state index in [0.29, 0.717) is 0 Å². The van der Waals surface area contributed by atoms with Gasteiger partial charge in [-0.2, -0.15) is 0 Å². The third-order valence-corrected chi connectivity index (χ3v) is 9.69. The van der Waals surface area contributed by atoms with Crippen LogP contribution in [-0.4, -0.2) is 83.3 Å². The van der Waals surface area contributed by atoms with Crippen LogP contribution < -0.4 is 0 Å². The second-order valence-electron chi connectivity index (χ2n) is 13.0. The molecule has 1 spiro atoms. The van der Waals surface area contributed by atoms with Crippen LogP contribution in [0, 0.1) is 17.3 Å². The SMILES string of the molecule is CC(=O)OCC12C(OC(=O)c3ccccc3)C(OC(C)=O)CC(C)C13OC(C)(C)C(C(OC(=O)c1ccccc1)C2OC(C)=O)C3O. The maximum atomic E-state index is 13.8. The van der Waals surface area contributed by atoms with Gasteiger partial charge in [-0.05, 0) is 50.5 Å². The van der Waals surface area contributed by atoms with Crippen LogP contribution in [0.1, 0.15) is 68.7 Å². The number of ether oxygens (including phenoxy) is 6. The Hall–Kier alpha value is -4.29. The van der Waals surface area contributed by atoms with E-state index in [1.54, 1.807) is 69.3 Å². The number of hydrogen-bond donors (Lipinski definition) is 1. The average molecular weight is 653 g/mol. The number of aliphatic hydroxyl groups is 1. The first-order chi connectivity index (χ1) is 22.2. The van der Waals surface area contributed by atoms with Crippen molar-refractivity contribution < 1.29 is 57.5 Å². The molecule has 9 atom stereocenters. The summed E-state index contributed by atoms with van der Waals surface area (Å²) >= 11 is 0. The summed E-state index contributed by atoms with van der Waals surface area (Å²) in [7, 11) is 0. The highest BCUT2D eigenvalue weighted by atomic mass is 16.6. The van der Waals surface area contributed by atoms with Gasteiger partial charge in [0.1, 0.15) is 29.8 Å². The fraction of sp³-hybridized carbons (Fsp3) is 0.514. The molecule has 0 amide bonds. The lowest BCUT2D eigenvalue weighted by Gasteiger charge is -2.64. The lowest BCUT2D eigenvalue weighted by atomic mass is 9.47. The molecule has 3 fully saturated rings. The molecule has 2 aromatic carbocycles. The maximum Gasteiger partial charge on any atom is 0.338 e. The standard InChI is InChI=1S/C35H40O12/c1-19-17-25(43-21(3)37)29(46-32(41)24-15-11-8-12-16-24)34(18-42-20(2)36)30(44-22(4)38)27(45-31(40)23-13-9-7-10-14-23)26-28(39)35(19,34)47-33(26,5)6/h7-16,19,25-30,39H,17-18H2,1-6H3. The molecule has 9 unspecified atom stereocenters. The number of carbonyl (C=O) groups is 5. The molecule has 1 N–H and O–H groups in total. The average Bonchev–Trinajstić information content (AvgIpc) is 3.19. The Labute approximate surface area is 272 Å². The van der Waals surface area contributed by atoms with Crippen LogP contribution in [0.3, 0.4) is 0 Å². The van der Waals surface area contributed by atoms with E-state index in [2.05, 4.69) is 0 Å². The van der Waals surface area contributed by atoms with Crippen LogP contribution in [0.4, 0.5) is 0 Å². The topological polar surface area (TPSA) is 161 Å². The molecule has 1 saturated heterocycles. The van der Waals surface area contributed by atoms with Crippen molar-refractivity contribution in [2.45, 2.75) is 89.7 Å². The third kappa shape index (κ3) is 5.78. The highest BCUT2D eigenvalue weighted by Gasteiger charge is 2.84. The maximum absolute atomic E-state index is 13.8. The molecule has 3 aliphatic rings. The summed E-state index contributed by atoms with van der Waals surface area (Å²) in [6.45, 7) is 8.06. The largest absolute Gasteiger partial charge is 0.465 e.